The number of fused-ring (bicyclic) bond motifs is 1. The zero-order chi connectivity index (χ0) is 22.2. The van der Waals surface area contributed by atoms with Crippen LogP contribution in [0.25, 0.3) is 15.9 Å². The molecule has 0 aliphatic carbocycles. The van der Waals surface area contributed by atoms with Crippen LogP contribution in [0.5, 0.6) is 0 Å². The fourth-order valence-electron chi connectivity index (χ4n) is 4.35. The summed E-state index contributed by atoms with van der Waals surface area (Å²) in [5.41, 5.74) is 7.30. The molecule has 4 aromatic rings. The second kappa shape index (κ2) is 8.09. The van der Waals surface area contributed by atoms with Gasteiger partial charge < -0.3 is 10.6 Å². The highest BCUT2D eigenvalue weighted by atomic mass is 32.1. The van der Waals surface area contributed by atoms with Crippen molar-refractivity contribution in [3.8, 4) is 5.69 Å². The number of pyridine rings is 1. The summed E-state index contributed by atoms with van der Waals surface area (Å²) in [4.78, 5) is 41.3. The Morgan fingerprint density at radius 2 is 1.62 bits per heavy atom. The molecule has 1 atom stereocenters. The molecule has 160 valence electrons. The van der Waals surface area contributed by atoms with E-state index in [1.165, 1.54) is 17.4 Å². The Kier molecular flexibility index (Phi) is 5.11. The quantitative estimate of drug-likeness (QED) is 0.476. The van der Waals surface area contributed by atoms with Crippen LogP contribution in [-0.2, 0) is 4.79 Å². The van der Waals surface area contributed by atoms with E-state index < -0.39 is 11.9 Å². The number of carbonyl (C=O) groups is 2. The summed E-state index contributed by atoms with van der Waals surface area (Å²) in [6.07, 6.45) is 1.46. The lowest BCUT2D eigenvalue weighted by molar-refractivity contribution is -0.119. The van der Waals surface area contributed by atoms with Gasteiger partial charge in [0.15, 0.2) is 5.78 Å². The highest BCUT2D eigenvalue weighted by Gasteiger charge is 2.34. The van der Waals surface area contributed by atoms with Crippen molar-refractivity contribution in [3.63, 3.8) is 0 Å². The number of hydrogen-bond donors (Lipinski definition) is 1. The Balaban J connectivity index is 1.81. The van der Waals surface area contributed by atoms with Crippen molar-refractivity contribution in [1.29, 1.82) is 0 Å². The maximum absolute atomic E-state index is 13.7. The van der Waals surface area contributed by atoms with Crippen molar-refractivity contribution in [2.24, 2.45) is 5.73 Å². The van der Waals surface area contributed by atoms with Crippen molar-refractivity contribution in [3.05, 3.63) is 94.3 Å². The van der Waals surface area contributed by atoms with Crippen molar-refractivity contribution in [2.75, 3.05) is 11.4 Å². The SMILES string of the molecule is NC(=O)[C@H]1CCCN1c1sc2c(ccc(=O)n2-c2ccccc2)c1C(=O)c1ccccc1. The van der Waals surface area contributed by atoms with Gasteiger partial charge in [-0.25, -0.2) is 0 Å². The van der Waals surface area contributed by atoms with Crippen LogP contribution in [0.2, 0.25) is 0 Å². The van der Waals surface area contributed by atoms with Gasteiger partial charge >= 0.3 is 0 Å². The third-order valence-electron chi connectivity index (χ3n) is 5.84. The lowest BCUT2D eigenvalue weighted by Gasteiger charge is -2.23. The molecule has 0 spiro atoms. The van der Waals surface area contributed by atoms with Crippen molar-refractivity contribution in [1.82, 2.24) is 4.57 Å². The molecule has 1 aliphatic heterocycles. The molecule has 1 aliphatic rings. The van der Waals surface area contributed by atoms with Gasteiger partial charge in [0.25, 0.3) is 5.56 Å². The van der Waals surface area contributed by atoms with Crippen molar-refractivity contribution >= 4 is 38.2 Å². The zero-order valence-corrected chi connectivity index (χ0v) is 18.0. The molecule has 1 saturated heterocycles. The van der Waals surface area contributed by atoms with Gasteiger partial charge in [0.2, 0.25) is 5.91 Å². The minimum Gasteiger partial charge on any atom is -0.368 e. The molecular weight excluding hydrogens is 422 g/mol. The molecule has 7 heteroatoms. The first-order valence-electron chi connectivity index (χ1n) is 10.5. The van der Waals surface area contributed by atoms with Crippen LogP contribution in [-0.4, -0.2) is 28.8 Å². The first-order valence-corrected chi connectivity index (χ1v) is 11.3. The Bertz CT molecular complexity index is 1380. The van der Waals surface area contributed by atoms with Crippen LogP contribution in [0, 0.1) is 0 Å². The van der Waals surface area contributed by atoms with Crippen LogP contribution in [0.4, 0.5) is 5.00 Å². The highest BCUT2D eigenvalue weighted by Crippen LogP contribution is 2.42. The molecule has 0 saturated carbocycles. The average Bonchev–Trinajstić information content (AvgIpc) is 3.44. The van der Waals surface area contributed by atoms with E-state index in [4.69, 9.17) is 5.73 Å². The van der Waals surface area contributed by atoms with Crippen LogP contribution in [0.1, 0.15) is 28.8 Å². The number of anilines is 1. The molecule has 1 amide bonds. The fourth-order valence-corrected chi connectivity index (χ4v) is 5.74. The summed E-state index contributed by atoms with van der Waals surface area (Å²) in [5, 5.41) is 1.38. The van der Waals surface area contributed by atoms with Gasteiger partial charge in [0.05, 0.1) is 11.3 Å². The second-order valence-electron chi connectivity index (χ2n) is 7.79. The number of thiophene rings is 1. The van der Waals surface area contributed by atoms with E-state index in [1.54, 1.807) is 22.8 Å². The Labute approximate surface area is 188 Å². The summed E-state index contributed by atoms with van der Waals surface area (Å²) in [5.74, 6) is -0.543. The molecule has 2 N–H and O–H groups in total. The van der Waals surface area contributed by atoms with Gasteiger partial charge in [0, 0.05) is 23.6 Å². The normalized spacial score (nSPS) is 15.9. The maximum atomic E-state index is 13.7. The molecule has 1 fully saturated rings. The van der Waals surface area contributed by atoms with Crippen LogP contribution < -0.4 is 16.2 Å². The van der Waals surface area contributed by atoms with Gasteiger partial charge in [-0.15, -0.1) is 0 Å². The topological polar surface area (TPSA) is 85.4 Å². The van der Waals surface area contributed by atoms with E-state index in [2.05, 4.69) is 0 Å². The van der Waals surface area contributed by atoms with E-state index in [9.17, 15) is 14.4 Å². The van der Waals surface area contributed by atoms with Gasteiger partial charge in [0.1, 0.15) is 15.9 Å². The Morgan fingerprint density at radius 1 is 0.938 bits per heavy atom. The predicted octanol–water partition coefficient (Wildman–Crippen LogP) is 3.74. The minimum absolute atomic E-state index is 0.139. The standard InChI is InChI=1S/C25H21N3O3S/c26-23(31)19-12-7-15-27(19)25-21(22(30)16-8-3-1-4-9-16)18-13-14-20(29)28(24(18)32-25)17-10-5-2-6-11-17/h1-6,8-11,13-14,19H,7,12,15H2,(H2,26,31)/t19-/m1/s1. The molecule has 0 bridgehead atoms. The van der Waals surface area contributed by atoms with E-state index in [-0.39, 0.29) is 11.3 Å². The summed E-state index contributed by atoms with van der Waals surface area (Å²) >= 11 is 1.36. The van der Waals surface area contributed by atoms with Gasteiger partial charge in [-0.2, -0.15) is 0 Å². The first kappa shape index (κ1) is 20.2. The number of primary amides is 1. The summed E-state index contributed by atoms with van der Waals surface area (Å²) < 4.78 is 1.63. The van der Waals surface area contributed by atoms with Gasteiger partial charge in [-0.1, -0.05) is 59.9 Å². The number of amides is 1. The number of benzene rings is 2. The lowest BCUT2D eigenvalue weighted by Crippen LogP contribution is -2.40. The number of nitrogens with two attached hydrogens (primary N) is 1. The number of carbonyl (C=O) groups excluding carboxylic acids is 2. The molecular formula is C25H21N3O3S. The highest BCUT2D eigenvalue weighted by molar-refractivity contribution is 7.23. The number of para-hydroxylation sites is 1. The number of nitrogens with zero attached hydrogens (tertiary/aromatic N) is 2. The van der Waals surface area contributed by atoms with E-state index in [0.717, 1.165) is 12.1 Å². The van der Waals surface area contributed by atoms with Gasteiger partial charge in [-0.3, -0.25) is 19.0 Å². The smallest absolute Gasteiger partial charge is 0.256 e. The Hall–Kier alpha value is -3.71. The number of rotatable bonds is 5. The van der Waals surface area contributed by atoms with Crippen LogP contribution in [0.3, 0.4) is 0 Å². The molecule has 6 nitrogen and oxygen atoms in total. The maximum Gasteiger partial charge on any atom is 0.256 e. The van der Waals surface area contributed by atoms with E-state index >= 15 is 0 Å². The molecule has 2 aromatic carbocycles. The van der Waals surface area contributed by atoms with Crippen molar-refractivity contribution < 1.29 is 9.59 Å². The largest absolute Gasteiger partial charge is 0.368 e. The number of hydrogen-bond acceptors (Lipinski definition) is 5. The third kappa shape index (κ3) is 3.31. The second-order valence-corrected chi connectivity index (χ2v) is 8.77. The number of ketones is 1. The Morgan fingerprint density at radius 3 is 2.31 bits per heavy atom. The molecule has 0 radical (unpaired) electrons. The lowest BCUT2D eigenvalue weighted by atomic mass is 10.0. The summed E-state index contributed by atoms with van der Waals surface area (Å²) in [7, 11) is 0. The molecule has 32 heavy (non-hydrogen) atoms. The summed E-state index contributed by atoms with van der Waals surface area (Å²) in [6, 6.07) is 21.1. The monoisotopic (exact) mass is 443 g/mol. The van der Waals surface area contributed by atoms with Crippen LogP contribution in [0.15, 0.2) is 77.6 Å². The third-order valence-corrected chi connectivity index (χ3v) is 7.07. The number of aromatic nitrogens is 1. The fraction of sp³-hybridized carbons (Fsp3) is 0.160. The molecule has 5 rings (SSSR count). The average molecular weight is 444 g/mol. The molecule has 2 aromatic heterocycles. The minimum atomic E-state index is -0.470. The van der Waals surface area contributed by atoms with E-state index in [0.29, 0.717) is 39.3 Å². The predicted molar refractivity (Wildman–Crippen MR) is 127 cm³/mol. The zero-order valence-electron chi connectivity index (χ0n) is 17.2. The summed E-state index contributed by atoms with van der Waals surface area (Å²) in [6.45, 7) is 0.630. The van der Waals surface area contributed by atoms with Gasteiger partial charge in [-0.05, 0) is 31.0 Å². The first-order chi connectivity index (χ1) is 15.6. The van der Waals surface area contributed by atoms with E-state index in [1.807, 2.05) is 53.4 Å². The molecule has 3 heterocycles. The molecule has 0 unspecified atom stereocenters. The van der Waals surface area contributed by atoms with Crippen LogP contribution >= 0.6 is 11.3 Å². The van der Waals surface area contributed by atoms with Crippen molar-refractivity contribution in [2.45, 2.75) is 18.9 Å².